The van der Waals surface area contributed by atoms with Crippen LogP contribution in [0.4, 0.5) is 5.69 Å². The third-order valence-electron chi connectivity index (χ3n) is 3.76. The van der Waals surface area contributed by atoms with Crippen molar-refractivity contribution in [3.63, 3.8) is 0 Å². The zero-order chi connectivity index (χ0) is 13.1. The van der Waals surface area contributed by atoms with Crippen LogP contribution in [-0.4, -0.2) is 39.9 Å². The molecule has 0 aliphatic carbocycles. The summed E-state index contributed by atoms with van der Waals surface area (Å²) in [4.78, 5) is 2.55. The molecule has 1 aromatic rings. The molecule has 102 valence electrons. The van der Waals surface area contributed by atoms with Gasteiger partial charge >= 0.3 is 0 Å². The summed E-state index contributed by atoms with van der Waals surface area (Å²) in [5.74, 6) is 0. The predicted molar refractivity (Wildman–Crippen MR) is 76.0 cm³/mol. The number of piperidine rings is 1. The monoisotopic (exact) mass is 250 g/mol. The quantitative estimate of drug-likeness (QED) is 0.892. The Morgan fingerprint density at radius 2 is 1.83 bits per heavy atom. The summed E-state index contributed by atoms with van der Waals surface area (Å²) < 4.78 is 2.01. The van der Waals surface area contributed by atoms with Gasteiger partial charge in [-0.25, -0.2) is 0 Å². The molecule has 18 heavy (non-hydrogen) atoms. The molecule has 1 N–H and O–H groups in total. The van der Waals surface area contributed by atoms with E-state index in [-0.39, 0.29) is 0 Å². The summed E-state index contributed by atoms with van der Waals surface area (Å²) >= 11 is 0. The van der Waals surface area contributed by atoms with Crippen molar-refractivity contribution in [1.29, 1.82) is 0 Å². The normalized spacial score (nSPS) is 18.8. The van der Waals surface area contributed by atoms with Crippen LogP contribution in [0.2, 0.25) is 0 Å². The SMILES string of the molecule is CC(C)N1CCC(Nc2cnn(C(C)C)c2)CC1. The predicted octanol–water partition coefficient (Wildman–Crippen LogP) is 2.75. The molecule has 1 aromatic heterocycles. The van der Waals surface area contributed by atoms with E-state index in [0.29, 0.717) is 18.1 Å². The second kappa shape index (κ2) is 5.74. The molecule has 0 radical (unpaired) electrons. The van der Waals surface area contributed by atoms with Crippen LogP contribution in [0.5, 0.6) is 0 Å². The first-order valence-electron chi connectivity index (χ1n) is 7.11. The second-order valence-electron chi connectivity index (χ2n) is 5.85. The fraction of sp³-hybridized carbons (Fsp3) is 0.786. The topological polar surface area (TPSA) is 33.1 Å². The minimum atomic E-state index is 0.434. The van der Waals surface area contributed by atoms with Crippen LogP contribution < -0.4 is 5.32 Å². The van der Waals surface area contributed by atoms with Crippen LogP contribution in [0.1, 0.15) is 46.6 Å². The average molecular weight is 250 g/mol. The molecule has 2 rings (SSSR count). The first-order valence-corrected chi connectivity index (χ1v) is 7.11. The lowest BCUT2D eigenvalue weighted by Crippen LogP contribution is -2.42. The molecule has 2 heterocycles. The van der Waals surface area contributed by atoms with E-state index in [2.05, 4.69) is 49.2 Å². The number of anilines is 1. The Balaban J connectivity index is 1.84. The minimum Gasteiger partial charge on any atom is -0.380 e. The smallest absolute Gasteiger partial charge is 0.0728 e. The van der Waals surface area contributed by atoms with Gasteiger partial charge in [-0.2, -0.15) is 5.10 Å². The Labute approximate surface area is 110 Å². The van der Waals surface area contributed by atoms with Crippen molar-refractivity contribution in [2.24, 2.45) is 0 Å². The van der Waals surface area contributed by atoms with Gasteiger partial charge in [-0.05, 0) is 40.5 Å². The number of rotatable bonds is 4. The number of nitrogens with zero attached hydrogens (tertiary/aromatic N) is 3. The Bertz CT molecular complexity index is 362. The third-order valence-corrected chi connectivity index (χ3v) is 3.76. The molecule has 1 aliphatic rings. The lowest BCUT2D eigenvalue weighted by atomic mass is 10.0. The highest BCUT2D eigenvalue weighted by Gasteiger charge is 2.20. The molecular formula is C14H26N4. The van der Waals surface area contributed by atoms with Crippen molar-refractivity contribution in [3.05, 3.63) is 12.4 Å². The van der Waals surface area contributed by atoms with Crippen molar-refractivity contribution in [2.45, 2.75) is 58.7 Å². The maximum atomic E-state index is 4.37. The van der Waals surface area contributed by atoms with E-state index in [4.69, 9.17) is 0 Å². The van der Waals surface area contributed by atoms with Crippen molar-refractivity contribution >= 4 is 5.69 Å². The van der Waals surface area contributed by atoms with Crippen LogP contribution in [0.3, 0.4) is 0 Å². The minimum absolute atomic E-state index is 0.434. The van der Waals surface area contributed by atoms with Gasteiger partial charge in [0.1, 0.15) is 0 Å². The van der Waals surface area contributed by atoms with Gasteiger partial charge in [-0.1, -0.05) is 0 Å². The molecule has 1 aliphatic heterocycles. The summed E-state index contributed by atoms with van der Waals surface area (Å²) in [6.07, 6.45) is 6.50. The molecule has 4 nitrogen and oxygen atoms in total. The fourth-order valence-electron chi connectivity index (χ4n) is 2.49. The molecule has 1 saturated heterocycles. The number of nitrogens with one attached hydrogen (secondary N) is 1. The van der Waals surface area contributed by atoms with E-state index in [1.807, 2.05) is 10.9 Å². The molecule has 0 aromatic carbocycles. The molecule has 0 spiro atoms. The molecule has 0 bridgehead atoms. The van der Waals surface area contributed by atoms with Gasteiger partial charge in [0.15, 0.2) is 0 Å². The average Bonchev–Trinajstić information content (AvgIpc) is 2.78. The molecule has 0 unspecified atom stereocenters. The Hall–Kier alpha value is -1.03. The lowest BCUT2D eigenvalue weighted by molar-refractivity contribution is 0.177. The number of hydrogen-bond donors (Lipinski definition) is 1. The number of aromatic nitrogens is 2. The van der Waals surface area contributed by atoms with Crippen LogP contribution in [0.15, 0.2) is 12.4 Å². The Morgan fingerprint density at radius 3 is 2.33 bits per heavy atom. The van der Waals surface area contributed by atoms with Crippen LogP contribution >= 0.6 is 0 Å². The van der Waals surface area contributed by atoms with Crippen LogP contribution in [0, 0.1) is 0 Å². The lowest BCUT2D eigenvalue weighted by Gasteiger charge is -2.35. The van der Waals surface area contributed by atoms with E-state index in [1.54, 1.807) is 0 Å². The summed E-state index contributed by atoms with van der Waals surface area (Å²) in [5.41, 5.74) is 1.16. The van der Waals surface area contributed by atoms with E-state index >= 15 is 0 Å². The first kappa shape index (κ1) is 13.4. The van der Waals surface area contributed by atoms with E-state index in [0.717, 1.165) is 5.69 Å². The fourth-order valence-corrected chi connectivity index (χ4v) is 2.49. The largest absolute Gasteiger partial charge is 0.380 e. The zero-order valence-electron chi connectivity index (χ0n) is 12.1. The maximum absolute atomic E-state index is 4.37. The van der Waals surface area contributed by atoms with Gasteiger partial charge < -0.3 is 10.2 Å². The van der Waals surface area contributed by atoms with E-state index in [9.17, 15) is 0 Å². The molecule has 4 heteroatoms. The molecule has 0 amide bonds. The van der Waals surface area contributed by atoms with Crippen LogP contribution in [0.25, 0.3) is 0 Å². The van der Waals surface area contributed by atoms with Crippen molar-refractivity contribution < 1.29 is 0 Å². The van der Waals surface area contributed by atoms with Crippen molar-refractivity contribution in [2.75, 3.05) is 18.4 Å². The summed E-state index contributed by atoms with van der Waals surface area (Å²) in [5, 5.41) is 7.97. The third kappa shape index (κ3) is 3.25. The van der Waals surface area contributed by atoms with Crippen molar-refractivity contribution in [1.82, 2.24) is 14.7 Å². The highest BCUT2D eigenvalue weighted by molar-refractivity contribution is 5.39. The van der Waals surface area contributed by atoms with Gasteiger partial charge in [-0.3, -0.25) is 4.68 Å². The summed E-state index contributed by atoms with van der Waals surface area (Å²) in [7, 11) is 0. The van der Waals surface area contributed by atoms with Crippen LogP contribution in [-0.2, 0) is 0 Å². The van der Waals surface area contributed by atoms with Gasteiger partial charge in [0.25, 0.3) is 0 Å². The van der Waals surface area contributed by atoms with Crippen molar-refractivity contribution in [3.8, 4) is 0 Å². The maximum Gasteiger partial charge on any atom is 0.0728 e. The summed E-state index contributed by atoms with van der Waals surface area (Å²) in [6, 6.07) is 1.71. The van der Waals surface area contributed by atoms with E-state index < -0.39 is 0 Å². The highest BCUT2D eigenvalue weighted by Crippen LogP contribution is 2.18. The molecule has 1 fully saturated rings. The second-order valence-corrected chi connectivity index (χ2v) is 5.85. The van der Waals surface area contributed by atoms with Gasteiger partial charge in [-0.15, -0.1) is 0 Å². The molecular weight excluding hydrogens is 224 g/mol. The standard InChI is InChI=1S/C14H26N4/c1-11(2)17-7-5-13(6-8-17)16-14-9-15-18(10-14)12(3)4/h9-13,16H,5-8H2,1-4H3. The Morgan fingerprint density at radius 1 is 1.17 bits per heavy atom. The van der Waals surface area contributed by atoms with E-state index in [1.165, 1.54) is 25.9 Å². The summed E-state index contributed by atoms with van der Waals surface area (Å²) in [6.45, 7) is 11.3. The zero-order valence-corrected chi connectivity index (χ0v) is 12.1. The van der Waals surface area contributed by atoms with Gasteiger partial charge in [0.05, 0.1) is 11.9 Å². The van der Waals surface area contributed by atoms with Gasteiger partial charge in [0, 0.05) is 37.4 Å². The number of likely N-dealkylation sites (tertiary alicyclic amines) is 1. The van der Waals surface area contributed by atoms with Gasteiger partial charge in [0.2, 0.25) is 0 Å². The highest BCUT2D eigenvalue weighted by atomic mass is 15.3. The Kier molecular flexibility index (Phi) is 4.27. The molecule has 0 saturated carbocycles. The first-order chi connectivity index (χ1) is 8.56. The molecule has 0 atom stereocenters. The number of hydrogen-bond acceptors (Lipinski definition) is 3.